The van der Waals surface area contributed by atoms with Crippen molar-refractivity contribution in [3.05, 3.63) is 61.8 Å². The van der Waals surface area contributed by atoms with Crippen LogP contribution in [0.1, 0.15) is 14.5 Å². The summed E-state index contributed by atoms with van der Waals surface area (Å²) in [4.78, 5) is 18.0. The normalized spacial score (nSPS) is 11.1. The van der Waals surface area contributed by atoms with Crippen molar-refractivity contribution in [3.63, 3.8) is 0 Å². The maximum atomic E-state index is 12.2. The summed E-state index contributed by atoms with van der Waals surface area (Å²) < 4.78 is 12.6. The molecule has 0 fully saturated rings. The van der Waals surface area contributed by atoms with Crippen molar-refractivity contribution in [1.29, 1.82) is 0 Å². The van der Waals surface area contributed by atoms with Crippen LogP contribution < -0.4 is 4.74 Å². The number of hydrogen-bond donors (Lipinski definition) is 0. The minimum absolute atomic E-state index is 0.379. The first-order valence-electron chi connectivity index (χ1n) is 7.76. The molecule has 5 nitrogen and oxygen atoms in total. The Kier molecular flexibility index (Phi) is 5.10. The number of nitrogens with zero attached hydrogens (tertiary/aromatic N) is 2. The number of thiophene rings is 2. The summed E-state index contributed by atoms with van der Waals surface area (Å²) in [5.74, 6) is 0.0232. The van der Waals surface area contributed by atoms with Gasteiger partial charge in [0.1, 0.15) is 23.7 Å². The molecular formula is C18H12Cl2N2O3S2. The Balaban J connectivity index is 1.75. The summed E-state index contributed by atoms with van der Waals surface area (Å²) >= 11 is 15.1. The zero-order chi connectivity index (χ0) is 19.0. The first-order valence-corrected chi connectivity index (χ1v) is 10.2. The van der Waals surface area contributed by atoms with Crippen molar-refractivity contribution in [3.8, 4) is 10.8 Å². The van der Waals surface area contributed by atoms with Gasteiger partial charge in [-0.1, -0.05) is 29.3 Å². The maximum absolute atomic E-state index is 12.2. The van der Waals surface area contributed by atoms with Crippen LogP contribution in [-0.2, 0) is 11.3 Å². The summed E-state index contributed by atoms with van der Waals surface area (Å²) in [6.07, 6.45) is 1.66. The van der Waals surface area contributed by atoms with Crippen LogP contribution in [-0.4, -0.2) is 22.6 Å². The van der Waals surface area contributed by atoms with Gasteiger partial charge in [-0.15, -0.1) is 22.7 Å². The highest BCUT2D eigenvalue weighted by Crippen LogP contribution is 2.36. The molecule has 4 aromatic rings. The Morgan fingerprint density at radius 2 is 2.07 bits per heavy atom. The average Bonchev–Trinajstić information content (AvgIpc) is 3.39. The number of esters is 1. The zero-order valence-electron chi connectivity index (χ0n) is 13.9. The van der Waals surface area contributed by atoms with Crippen LogP contribution in [0, 0.1) is 0 Å². The predicted molar refractivity (Wildman–Crippen MR) is 109 cm³/mol. The minimum atomic E-state index is -0.446. The third kappa shape index (κ3) is 3.55. The fourth-order valence-electron chi connectivity index (χ4n) is 2.55. The van der Waals surface area contributed by atoms with E-state index >= 15 is 0 Å². The summed E-state index contributed by atoms with van der Waals surface area (Å²) in [7, 11) is 1.35. The van der Waals surface area contributed by atoms with E-state index in [1.807, 2.05) is 22.1 Å². The maximum Gasteiger partial charge on any atom is 0.351 e. The molecule has 3 aromatic heterocycles. The molecule has 0 atom stereocenters. The van der Waals surface area contributed by atoms with E-state index in [4.69, 9.17) is 32.7 Å². The summed E-state index contributed by atoms with van der Waals surface area (Å²) in [5.41, 5.74) is 1.49. The Bertz CT molecular complexity index is 1120. The second-order valence-electron chi connectivity index (χ2n) is 5.51. The Hall–Kier alpha value is -2.06. The zero-order valence-corrected chi connectivity index (χ0v) is 17.1. The van der Waals surface area contributed by atoms with Crippen molar-refractivity contribution in [2.75, 3.05) is 7.11 Å². The molecule has 3 heterocycles. The van der Waals surface area contributed by atoms with Crippen molar-refractivity contribution >= 4 is 62.9 Å². The lowest BCUT2D eigenvalue weighted by Gasteiger charge is -2.04. The van der Waals surface area contributed by atoms with Gasteiger partial charge < -0.3 is 9.47 Å². The van der Waals surface area contributed by atoms with E-state index in [2.05, 4.69) is 4.98 Å². The quantitative estimate of drug-likeness (QED) is 0.368. The minimum Gasteiger partial charge on any atom is -0.486 e. The molecule has 0 amide bonds. The third-order valence-electron chi connectivity index (χ3n) is 3.83. The fraction of sp³-hybridized carbons (Fsp3) is 0.111. The SMILES string of the molecule is COC(=O)c1sc(-n2cnc3cc(Cl)c(Cl)cc32)cc1OCc1cccs1. The van der Waals surface area contributed by atoms with Gasteiger partial charge in [0.05, 0.1) is 28.2 Å². The fourth-order valence-corrected chi connectivity index (χ4v) is 4.48. The number of fused-ring (bicyclic) bond motifs is 1. The van der Waals surface area contributed by atoms with E-state index in [-0.39, 0.29) is 0 Å². The van der Waals surface area contributed by atoms with Crippen LogP contribution in [0.2, 0.25) is 10.0 Å². The van der Waals surface area contributed by atoms with E-state index in [0.717, 1.165) is 15.4 Å². The molecule has 0 unspecified atom stereocenters. The highest BCUT2D eigenvalue weighted by molar-refractivity contribution is 7.16. The monoisotopic (exact) mass is 438 g/mol. The lowest BCUT2D eigenvalue weighted by molar-refractivity contribution is 0.0601. The van der Waals surface area contributed by atoms with Gasteiger partial charge in [0, 0.05) is 10.9 Å². The van der Waals surface area contributed by atoms with Crippen LogP contribution >= 0.6 is 45.9 Å². The van der Waals surface area contributed by atoms with E-state index in [1.165, 1.54) is 18.4 Å². The molecule has 0 aliphatic carbocycles. The molecule has 138 valence electrons. The summed E-state index contributed by atoms with van der Waals surface area (Å²) in [5, 5.41) is 3.61. The van der Waals surface area contributed by atoms with Crippen molar-refractivity contribution < 1.29 is 14.3 Å². The van der Waals surface area contributed by atoms with Crippen molar-refractivity contribution in [1.82, 2.24) is 9.55 Å². The largest absolute Gasteiger partial charge is 0.486 e. The number of benzene rings is 1. The standard InChI is InChI=1S/C18H12Cl2N2O3S2/c1-24-18(23)17-15(25-8-10-3-2-4-26-10)7-16(27-17)22-9-21-13-5-11(19)12(20)6-14(13)22/h2-7,9H,8H2,1H3. The summed E-state index contributed by atoms with van der Waals surface area (Å²) in [6.45, 7) is 0.379. The molecule has 4 rings (SSSR count). The lowest BCUT2D eigenvalue weighted by atomic mass is 10.3. The Labute approximate surface area is 172 Å². The van der Waals surface area contributed by atoms with Crippen LogP contribution in [0.3, 0.4) is 0 Å². The smallest absolute Gasteiger partial charge is 0.351 e. The second-order valence-corrected chi connectivity index (χ2v) is 8.38. The second kappa shape index (κ2) is 7.52. The van der Waals surface area contributed by atoms with Crippen molar-refractivity contribution in [2.45, 2.75) is 6.61 Å². The molecule has 0 bridgehead atoms. The number of imidazole rings is 1. The molecule has 0 saturated heterocycles. The van der Waals surface area contributed by atoms with Crippen molar-refractivity contribution in [2.24, 2.45) is 0 Å². The van der Waals surface area contributed by atoms with Gasteiger partial charge in [-0.3, -0.25) is 4.57 Å². The number of hydrogen-bond acceptors (Lipinski definition) is 6. The number of halogens is 2. The molecule has 0 saturated carbocycles. The van der Waals surface area contributed by atoms with E-state index in [9.17, 15) is 4.79 Å². The highest BCUT2D eigenvalue weighted by atomic mass is 35.5. The number of carbonyl (C=O) groups is 1. The molecular weight excluding hydrogens is 427 g/mol. The van der Waals surface area contributed by atoms with Crippen LogP contribution in [0.4, 0.5) is 0 Å². The Morgan fingerprint density at radius 1 is 1.26 bits per heavy atom. The number of methoxy groups -OCH3 is 1. The molecule has 9 heteroatoms. The predicted octanol–water partition coefficient (Wildman–Crippen LogP) is 5.82. The average molecular weight is 439 g/mol. The molecule has 0 spiro atoms. The third-order valence-corrected chi connectivity index (χ3v) is 6.50. The number of carbonyl (C=O) groups excluding carboxylic acids is 1. The van der Waals surface area contributed by atoms with Gasteiger partial charge in [-0.2, -0.15) is 0 Å². The number of ether oxygens (including phenoxy) is 2. The van der Waals surface area contributed by atoms with Gasteiger partial charge in [-0.05, 0) is 23.6 Å². The number of rotatable bonds is 5. The van der Waals surface area contributed by atoms with Crippen LogP contribution in [0.25, 0.3) is 16.0 Å². The molecule has 0 aliphatic rings. The van der Waals surface area contributed by atoms with E-state index in [0.29, 0.717) is 32.8 Å². The summed E-state index contributed by atoms with van der Waals surface area (Å²) in [6, 6.07) is 9.18. The van der Waals surface area contributed by atoms with Gasteiger partial charge in [-0.25, -0.2) is 9.78 Å². The lowest BCUT2D eigenvalue weighted by Crippen LogP contribution is -2.02. The molecule has 0 N–H and O–H groups in total. The molecule has 1 aromatic carbocycles. The van der Waals surface area contributed by atoms with Gasteiger partial charge in [0.2, 0.25) is 0 Å². The van der Waals surface area contributed by atoms with Gasteiger partial charge in [0.25, 0.3) is 0 Å². The highest BCUT2D eigenvalue weighted by Gasteiger charge is 2.21. The van der Waals surface area contributed by atoms with E-state index < -0.39 is 5.97 Å². The van der Waals surface area contributed by atoms with Gasteiger partial charge in [0.15, 0.2) is 4.88 Å². The first-order chi connectivity index (χ1) is 13.1. The Morgan fingerprint density at radius 3 is 2.81 bits per heavy atom. The topological polar surface area (TPSA) is 53.4 Å². The molecule has 0 radical (unpaired) electrons. The first kappa shape index (κ1) is 18.3. The van der Waals surface area contributed by atoms with E-state index in [1.54, 1.807) is 35.9 Å². The number of aromatic nitrogens is 2. The molecule has 0 aliphatic heterocycles. The van der Waals surface area contributed by atoms with Crippen LogP contribution in [0.5, 0.6) is 5.75 Å². The molecule has 27 heavy (non-hydrogen) atoms. The van der Waals surface area contributed by atoms with Gasteiger partial charge >= 0.3 is 5.97 Å². The van der Waals surface area contributed by atoms with Crippen LogP contribution in [0.15, 0.2) is 42.0 Å².